The predicted molar refractivity (Wildman–Crippen MR) is 98.3 cm³/mol. The number of nitrogens with zero attached hydrogens (tertiary/aromatic N) is 2. The molecular formula is C20H12N2O3S. The molecule has 3 aromatic heterocycles. The normalized spacial score (nSPS) is 11.6. The highest BCUT2D eigenvalue weighted by atomic mass is 32.1. The van der Waals surface area contributed by atoms with E-state index >= 15 is 0 Å². The fraction of sp³-hybridized carbons (Fsp3) is 0.0500. The van der Waals surface area contributed by atoms with Crippen molar-refractivity contribution in [3.8, 4) is 16.8 Å². The second-order valence-electron chi connectivity index (χ2n) is 5.54. The number of hydrogen-bond acceptors (Lipinski definition) is 6. The molecule has 0 spiro atoms. The zero-order chi connectivity index (χ0) is 17.9. The number of carbonyl (C=O) groups is 1. The summed E-state index contributed by atoms with van der Waals surface area (Å²) in [5.74, 6) is 1.24. The Labute approximate surface area is 152 Å². The first-order chi connectivity index (χ1) is 12.7. The molecule has 0 aliphatic heterocycles. The summed E-state index contributed by atoms with van der Waals surface area (Å²) in [7, 11) is 0. The fourth-order valence-corrected chi connectivity index (χ4v) is 3.43. The minimum absolute atomic E-state index is 0.0200. The molecule has 0 atom stereocenters. The molecule has 0 N–H and O–H groups in total. The average molecular weight is 360 g/mol. The van der Waals surface area contributed by atoms with E-state index in [9.17, 15) is 10.1 Å². The molecule has 3 heterocycles. The zero-order valence-electron chi connectivity index (χ0n) is 13.5. The van der Waals surface area contributed by atoms with Crippen LogP contribution in [0.3, 0.4) is 0 Å². The van der Waals surface area contributed by atoms with Crippen molar-refractivity contribution in [1.29, 1.82) is 5.26 Å². The van der Waals surface area contributed by atoms with Crippen molar-refractivity contribution in [3.05, 3.63) is 71.9 Å². The van der Waals surface area contributed by atoms with Gasteiger partial charge in [-0.2, -0.15) is 5.26 Å². The predicted octanol–water partition coefficient (Wildman–Crippen LogP) is 4.87. The van der Waals surface area contributed by atoms with Crippen LogP contribution in [0.15, 0.2) is 69.2 Å². The topological polar surface area (TPSA) is 80.0 Å². The largest absolute Gasteiger partial charge is 0.469 e. The molecule has 1 aromatic carbocycles. The Hall–Kier alpha value is -3.43. The third kappa shape index (κ3) is 3.21. The maximum absolute atomic E-state index is 12.2. The second-order valence-corrected chi connectivity index (χ2v) is 6.57. The van der Waals surface area contributed by atoms with Crippen LogP contribution in [0.1, 0.15) is 11.5 Å². The molecule has 0 amide bonds. The van der Waals surface area contributed by atoms with Crippen LogP contribution in [0.5, 0.6) is 0 Å². The van der Waals surface area contributed by atoms with Gasteiger partial charge in [0.15, 0.2) is 16.6 Å². The number of aromatic nitrogens is 1. The first-order valence-corrected chi connectivity index (χ1v) is 8.68. The number of rotatable bonds is 5. The van der Waals surface area contributed by atoms with Gasteiger partial charge in [-0.05, 0) is 36.4 Å². The van der Waals surface area contributed by atoms with E-state index in [4.69, 9.17) is 8.83 Å². The molecule has 0 radical (unpaired) electrons. The van der Waals surface area contributed by atoms with E-state index in [1.54, 1.807) is 24.3 Å². The Morgan fingerprint density at radius 3 is 2.85 bits per heavy atom. The number of nitriles is 1. The number of fused-ring (bicyclic) bond motifs is 1. The molecule has 4 aromatic rings. The van der Waals surface area contributed by atoms with Gasteiger partial charge in [0.1, 0.15) is 17.6 Å². The fourth-order valence-electron chi connectivity index (χ4n) is 2.51. The number of benzene rings is 1. The van der Waals surface area contributed by atoms with Crippen LogP contribution in [0.4, 0.5) is 0 Å². The van der Waals surface area contributed by atoms with Crippen LogP contribution >= 0.6 is 11.3 Å². The van der Waals surface area contributed by atoms with Crippen LogP contribution in [0.2, 0.25) is 0 Å². The molecule has 0 unspecified atom stereocenters. The van der Waals surface area contributed by atoms with E-state index < -0.39 is 0 Å². The number of Topliss-reactive ketones (excluding diaryl/α,β-unsaturated/α-hetero) is 1. The minimum atomic E-state index is -0.319. The van der Waals surface area contributed by atoms with E-state index in [2.05, 4.69) is 4.98 Å². The van der Waals surface area contributed by atoms with Gasteiger partial charge in [0, 0.05) is 6.08 Å². The van der Waals surface area contributed by atoms with E-state index in [0.29, 0.717) is 17.3 Å². The molecule has 0 saturated heterocycles. The summed E-state index contributed by atoms with van der Waals surface area (Å²) in [6.45, 7) is 0. The van der Waals surface area contributed by atoms with E-state index in [1.807, 2.05) is 30.3 Å². The molecule has 6 heteroatoms. The number of para-hydroxylation sites is 1. The number of carbonyl (C=O) groups excluding carboxylic acids is 1. The summed E-state index contributed by atoms with van der Waals surface area (Å²) < 4.78 is 12.0. The summed E-state index contributed by atoms with van der Waals surface area (Å²) in [4.78, 5) is 16.8. The third-order valence-corrected chi connectivity index (χ3v) is 4.80. The van der Waals surface area contributed by atoms with Crippen LogP contribution in [0.25, 0.3) is 27.1 Å². The molecule has 26 heavy (non-hydrogen) atoms. The lowest BCUT2D eigenvalue weighted by atomic mass is 10.1. The molecule has 126 valence electrons. The van der Waals surface area contributed by atoms with Gasteiger partial charge in [0.2, 0.25) is 0 Å². The molecular weight excluding hydrogens is 348 g/mol. The SMILES string of the molecule is N#CC(=Cc1ccc(-c2nc3ccccc3s2)o1)C(=O)Cc1ccco1. The molecule has 5 nitrogen and oxygen atoms in total. The van der Waals surface area contributed by atoms with Crippen molar-refractivity contribution in [2.75, 3.05) is 0 Å². The van der Waals surface area contributed by atoms with Gasteiger partial charge in [0.25, 0.3) is 0 Å². The maximum atomic E-state index is 12.2. The van der Waals surface area contributed by atoms with E-state index in [0.717, 1.165) is 15.2 Å². The molecule has 4 rings (SSSR count). The van der Waals surface area contributed by atoms with E-state index in [-0.39, 0.29) is 17.8 Å². The van der Waals surface area contributed by atoms with Gasteiger partial charge in [-0.25, -0.2) is 4.98 Å². The third-order valence-electron chi connectivity index (χ3n) is 3.75. The summed E-state index contributed by atoms with van der Waals surface area (Å²) in [6, 6.07) is 16.7. The summed E-state index contributed by atoms with van der Waals surface area (Å²) in [5.41, 5.74) is 0.930. The Kier molecular flexibility index (Phi) is 4.22. The molecule has 0 aliphatic rings. The summed E-state index contributed by atoms with van der Waals surface area (Å²) in [5, 5.41) is 10.0. The first kappa shape index (κ1) is 16.1. The van der Waals surface area contributed by atoms with Gasteiger partial charge in [0.05, 0.1) is 28.5 Å². The molecule has 0 fully saturated rings. The number of furan rings is 2. The number of allylic oxidation sites excluding steroid dienone is 1. The quantitative estimate of drug-likeness (QED) is 0.375. The number of ketones is 1. The van der Waals surface area contributed by atoms with Gasteiger partial charge in [-0.3, -0.25) is 4.79 Å². The maximum Gasteiger partial charge on any atom is 0.181 e. The average Bonchev–Trinajstić information content (AvgIpc) is 3.39. The van der Waals surface area contributed by atoms with Crippen molar-refractivity contribution >= 4 is 33.4 Å². The van der Waals surface area contributed by atoms with Crippen molar-refractivity contribution in [1.82, 2.24) is 4.98 Å². The Balaban J connectivity index is 1.59. The van der Waals surface area contributed by atoms with Gasteiger partial charge < -0.3 is 8.83 Å². The molecule has 0 aliphatic carbocycles. The second kappa shape index (κ2) is 6.82. The van der Waals surface area contributed by atoms with Gasteiger partial charge in [-0.1, -0.05) is 12.1 Å². The zero-order valence-corrected chi connectivity index (χ0v) is 14.3. The lowest BCUT2D eigenvalue weighted by molar-refractivity contribution is -0.114. The van der Waals surface area contributed by atoms with Gasteiger partial charge in [-0.15, -0.1) is 11.3 Å². The summed E-state index contributed by atoms with van der Waals surface area (Å²) in [6.07, 6.45) is 2.98. The minimum Gasteiger partial charge on any atom is -0.469 e. The van der Waals surface area contributed by atoms with Crippen LogP contribution in [-0.4, -0.2) is 10.8 Å². The van der Waals surface area contributed by atoms with E-state index in [1.165, 1.54) is 23.7 Å². The highest BCUT2D eigenvalue weighted by Crippen LogP contribution is 2.31. The highest BCUT2D eigenvalue weighted by molar-refractivity contribution is 7.21. The first-order valence-electron chi connectivity index (χ1n) is 7.86. The molecule has 0 saturated carbocycles. The van der Waals surface area contributed by atoms with Crippen LogP contribution in [-0.2, 0) is 11.2 Å². The number of hydrogen-bond donors (Lipinski definition) is 0. The lowest BCUT2D eigenvalue weighted by Crippen LogP contribution is -2.04. The van der Waals surface area contributed by atoms with Crippen LogP contribution in [0, 0.1) is 11.3 Å². The molecule has 0 bridgehead atoms. The van der Waals surface area contributed by atoms with Crippen molar-refractivity contribution in [2.24, 2.45) is 0 Å². The standard InChI is InChI=1S/C20H12N2O3S/c21-12-13(17(23)11-14-4-3-9-24-14)10-15-7-8-18(25-15)20-22-16-5-1-2-6-19(16)26-20/h1-10H,11H2. The number of thiazole rings is 1. The van der Waals surface area contributed by atoms with Crippen molar-refractivity contribution in [2.45, 2.75) is 6.42 Å². The van der Waals surface area contributed by atoms with Crippen molar-refractivity contribution in [3.63, 3.8) is 0 Å². The van der Waals surface area contributed by atoms with Crippen molar-refractivity contribution < 1.29 is 13.6 Å². The monoisotopic (exact) mass is 360 g/mol. The lowest BCUT2D eigenvalue weighted by Gasteiger charge is -1.96. The van der Waals surface area contributed by atoms with Gasteiger partial charge >= 0.3 is 0 Å². The smallest absolute Gasteiger partial charge is 0.181 e. The summed E-state index contributed by atoms with van der Waals surface area (Å²) >= 11 is 1.53. The Morgan fingerprint density at radius 1 is 1.19 bits per heavy atom. The van der Waals surface area contributed by atoms with Crippen LogP contribution < -0.4 is 0 Å². The highest BCUT2D eigenvalue weighted by Gasteiger charge is 2.14. The Morgan fingerprint density at radius 2 is 2.08 bits per heavy atom. The Bertz CT molecular complexity index is 1110.